The fraction of sp³-hybridized carbons (Fsp3) is 0.182. The summed E-state index contributed by atoms with van der Waals surface area (Å²) in [4.78, 5) is 19.8. The van der Waals surface area contributed by atoms with Gasteiger partial charge < -0.3 is 24.5 Å². The Balaban J connectivity index is 1.63. The normalized spacial score (nSPS) is 11.8. The summed E-state index contributed by atoms with van der Waals surface area (Å²) < 4.78 is 15.5. The van der Waals surface area contributed by atoms with Crippen LogP contribution in [0.2, 0.25) is 10.0 Å². The summed E-state index contributed by atoms with van der Waals surface area (Å²) in [6, 6.07) is 8.84. The highest BCUT2D eigenvalue weighted by atomic mass is 35.5. The Morgan fingerprint density at radius 3 is 2.68 bits per heavy atom. The monoisotopic (exact) mass is 461 g/mol. The third kappa shape index (κ3) is 6.24. The van der Waals surface area contributed by atoms with E-state index in [2.05, 4.69) is 15.3 Å². The van der Waals surface area contributed by atoms with Crippen LogP contribution in [0.4, 0.5) is 5.69 Å². The minimum Gasteiger partial charge on any atom is -0.491 e. The summed E-state index contributed by atoms with van der Waals surface area (Å²) in [5.41, 5.74) is 2.21. The number of rotatable bonds is 9. The molecule has 2 aromatic heterocycles. The Morgan fingerprint density at radius 2 is 1.97 bits per heavy atom. The van der Waals surface area contributed by atoms with Crippen molar-refractivity contribution >= 4 is 51.8 Å². The number of nitrogens with one attached hydrogen (secondary N) is 2. The van der Waals surface area contributed by atoms with Crippen LogP contribution in [-0.2, 0) is 14.3 Å². The number of anilines is 1. The van der Waals surface area contributed by atoms with Crippen LogP contribution in [0.3, 0.4) is 0 Å². The lowest BCUT2D eigenvalue weighted by atomic mass is 10.2. The van der Waals surface area contributed by atoms with Gasteiger partial charge in [-0.25, -0.2) is 4.98 Å². The van der Waals surface area contributed by atoms with Gasteiger partial charge in [0.15, 0.2) is 5.76 Å². The number of allylic oxidation sites excluding steroid dienone is 2. The lowest BCUT2D eigenvalue weighted by Crippen LogP contribution is -2.15. The van der Waals surface area contributed by atoms with Crippen molar-refractivity contribution in [3.63, 3.8) is 0 Å². The van der Waals surface area contributed by atoms with E-state index in [1.807, 2.05) is 12.1 Å². The third-order valence-electron chi connectivity index (χ3n) is 4.18. The third-order valence-corrected chi connectivity index (χ3v) is 4.90. The van der Waals surface area contributed by atoms with Gasteiger partial charge in [-0.3, -0.25) is 4.79 Å². The Bertz CT molecular complexity index is 1070. The molecule has 31 heavy (non-hydrogen) atoms. The molecule has 3 rings (SSSR count). The van der Waals surface area contributed by atoms with Gasteiger partial charge in [-0.05, 0) is 36.4 Å². The van der Waals surface area contributed by atoms with E-state index in [-0.39, 0.29) is 5.76 Å². The van der Waals surface area contributed by atoms with Crippen LogP contribution in [0.15, 0.2) is 54.4 Å². The van der Waals surface area contributed by atoms with Crippen molar-refractivity contribution in [2.75, 3.05) is 32.8 Å². The molecule has 0 aliphatic carbocycles. The molecule has 0 aliphatic heterocycles. The first kappa shape index (κ1) is 22.7. The van der Waals surface area contributed by atoms with Crippen molar-refractivity contribution in [1.29, 1.82) is 0 Å². The number of hydrogen-bond acceptors (Lipinski definition) is 5. The summed E-state index contributed by atoms with van der Waals surface area (Å²) in [7, 11) is 3.02. The zero-order valence-corrected chi connectivity index (χ0v) is 18.5. The number of carbonyl (C=O) groups excluding carboxylic acids is 1. The average Bonchev–Trinajstić information content (AvgIpc) is 3.14. The number of amides is 1. The summed E-state index contributed by atoms with van der Waals surface area (Å²) in [6.45, 7) is 0.865. The number of methoxy groups -OCH3 is 2. The van der Waals surface area contributed by atoms with Crippen molar-refractivity contribution in [1.82, 2.24) is 9.97 Å². The first-order valence-electron chi connectivity index (χ1n) is 9.29. The number of pyridine rings is 1. The molecule has 9 heteroatoms. The molecule has 0 aliphatic rings. The van der Waals surface area contributed by atoms with E-state index in [1.165, 1.54) is 13.3 Å². The minimum absolute atomic E-state index is 0.138. The zero-order chi connectivity index (χ0) is 22.2. The number of benzene rings is 1. The highest BCUT2D eigenvalue weighted by molar-refractivity contribution is 6.42. The lowest BCUT2D eigenvalue weighted by Gasteiger charge is -2.08. The maximum absolute atomic E-state index is 12.4. The maximum Gasteiger partial charge on any atom is 0.290 e. The van der Waals surface area contributed by atoms with Gasteiger partial charge in [-0.1, -0.05) is 29.3 Å². The fourth-order valence-electron chi connectivity index (χ4n) is 2.68. The van der Waals surface area contributed by atoms with Gasteiger partial charge in [0.25, 0.3) is 5.91 Å². The predicted octanol–water partition coefficient (Wildman–Crippen LogP) is 5.08. The molecule has 2 heterocycles. The Labute approximate surface area is 189 Å². The van der Waals surface area contributed by atoms with Gasteiger partial charge in [-0.2, -0.15) is 0 Å². The molecule has 0 spiro atoms. The van der Waals surface area contributed by atoms with E-state index < -0.39 is 5.91 Å². The van der Waals surface area contributed by atoms with E-state index in [1.54, 1.807) is 43.5 Å². The number of fused-ring (bicyclic) bond motifs is 1. The smallest absolute Gasteiger partial charge is 0.290 e. The molecule has 1 amide bonds. The number of hydrogen-bond donors (Lipinski definition) is 2. The van der Waals surface area contributed by atoms with Crippen LogP contribution in [0.5, 0.6) is 5.88 Å². The van der Waals surface area contributed by atoms with E-state index in [4.69, 9.17) is 37.4 Å². The molecular weight excluding hydrogens is 441 g/mol. The second-order valence-electron chi connectivity index (χ2n) is 6.35. The first-order valence-corrected chi connectivity index (χ1v) is 10.0. The van der Waals surface area contributed by atoms with Crippen LogP contribution >= 0.6 is 23.2 Å². The molecule has 0 saturated carbocycles. The van der Waals surface area contributed by atoms with E-state index >= 15 is 0 Å². The van der Waals surface area contributed by atoms with Crippen molar-refractivity contribution in [2.24, 2.45) is 0 Å². The average molecular weight is 462 g/mol. The van der Waals surface area contributed by atoms with Gasteiger partial charge in [0.1, 0.15) is 6.61 Å². The number of ether oxygens (including phenoxy) is 3. The molecule has 0 fully saturated rings. The highest BCUT2D eigenvalue weighted by Gasteiger charge is 2.10. The number of aromatic amines is 1. The molecule has 7 nitrogen and oxygen atoms in total. The molecule has 162 valence electrons. The molecule has 0 unspecified atom stereocenters. The number of aromatic nitrogens is 2. The maximum atomic E-state index is 12.4. The molecule has 0 radical (unpaired) electrons. The summed E-state index contributed by atoms with van der Waals surface area (Å²) in [6.07, 6.45) is 6.58. The summed E-state index contributed by atoms with van der Waals surface area (Å²) >= 11 is 12.1. The predicted molar refractivity (Wildman–Crippen MR) is 123 cm³/mol. The standard InChI is InChI=1S/C22H21Cl2N3O4/c1-29-8-9-31-21-7-6-16(13-25-21)27-22(28)20(30-2)5-3-4-15-10-14-11-17(23)18(24)12-19(14)26-15/h3-7,10-13,26H,8-9H2,1-2H3,(H,27,28). The van der Waals surface area contributed by atoms with E-state index in [0.717, 1.165) is 16.6 Å². The largest absolute Gasteiger partial charge is 0.491 e. The van der Waals surface area contributed by atoms with E-state index in [9.17, 15) is 4.79 Å². The van der Waals surface area contributed by atoms with Gasteiger partial charge in [0, 0.05) is 29.8 Å². The van der Waals surface area contributed by atoms with Crippen LogP contribution in [-0.4, -0.2) is 43.3 Å². The SMILES string of the molecule is COCCOc1ccc(NC(=O)C(=CC=Cc2cc3cc(Cl)c(Cl)cc3[nH]2)OC)cn1. The molecule has 2 N–H and O–H groups in total. The molecule has 0 bridgehead atoms. The van der Waals surface area contributed by atoms with Crippen molar-refractivity contribution in [3.8, 4) is 5.88 Å². The molecule has 0 atom stereocenters. The Kier molecular flexibility index (Phi) is 7.94. The lowest BCUT2D eigenvalue weighted by molar-refractivity contribution is -0.115. The van der Waals surface area contributed by atoms with E-state index in [0.29, 0.717) is 34.8 Å². The number of H-pyrrole nitrogens is 1. The van der Waals surface area contributed by atoms with Crippen molar-refractivity contribution in [2.45, 2.75) is 0 Å². The zero-order valence-electron chi connectivity index (χ0n) is 16.9. The van der Waals surface area contributed by atoms with Crippen molar-refractivity contribution < 1.29 is 19.0 Å². The Hall–Kier alpha value is -3.00. The summed E-state index contributed by atoms with van der Waals surface area (Å²) in [5.74, 6) is 0.178. The minimum atomic E-state index is -0.405. The molecule has 0 saturated heterocycles. The van der Waals surface area contributed by atoms with Crippen LogP contribution in [0.25, 0.3) is 17.0 Å². The van der Waals surface area contributed by atoms with Gasteiger partial charge >= 0.3 is 0 Å². The number of nitrogens with zero attached hydrogens (tertiary/aromatic N) is 1. The van der Waals surface area contributed by atoms with Crippen LogP contribution < -0.4 is 10.1 Å². The molecule has 3 aromatic rings. The van der Waals surface area contributed by atoms with Crippen LogP contribution in [0, 0.1) is 0 Å². The topological polar surface area (TPSA) is 85.5 Å². The quantitative estimate of drug-likeness (QED) is 0.201. The second kappa shape index (κ2) is 10.9. The molecule has 1 aromatic carbocycles. The number of carbonyl (C=O) groups is 1. The summed E-state index contributed by atoms with van der Waals surface area (Å²) in [5, 5.41) is 4.63. The number of halogens is 2. The highest BCUT2D eigenvalue weighted by Crippen LogP contribution is 2.28. The van der Waals surface area contributed by atoms with Gasteiger partial charge in [0.2, 0.25) is 5.88 Å². The van der Waals surface area contributed by atoms with Gasteiger partial charge in [-0.15, -0.1) is 0 Å². The van der Waals surface area contributed by atoms with Crippen molar-refractivity contribution in [3.05, 3.63) is 70.2 Å². The second-order valence-corrected chi connectivity index (χ2v) is 7.17. The first-order chi connectivity index (χ1) is 15.0. The Morgan fingerprint density at radius 1 is 1.16 bits per heavy atom. The van der Waals surface area contributed by atoms with Gasteiger partial charge in [0.05, 0.1) is 35.6 Å². The fourth-order valence-corrected chi connectivity index (χ4v) is 3.01. The van der Waals surface area contributed by atoms with Crippen LogP contribution in [0.1, 0.15) is 5.69 Å². The molecular formula is C22H21Cl2N3O4.